The van der Waals surface area contributed by atoms with Crippen LogP contribution in [-0.2, 0) is 82.7 Å². The zero-order valence-corrected chi connectivity index (χ0v) is 27.3. The lowest BCUT2D eigenvalue weighted by Crippen LogP contribution is -2.66. The van der Waals surface area contributed by atoms with Crippen molar-refractivity contribution >= 4 is 35.8 Å². The summed E-state index contributed by atoms with van der Waals surface area (Å²) in [7, 11) is 0. The van der Waals surface area contributed by atoms with Gasteiger partial charge in [-0.1, -0.05) is 30.3 Å². The van der Waals surface area contributed by atoms with Crippen LogP contribution in [0.4, 0.5) is 0 Å². The van der Waals surface area contributed by atoms with E-state index in [2.05, 4.69) is 0 Å². The molecular formula is C31H40O17. The maximum Gasteiger partial charge on any atom is 0.303 e. The number of aliphatic hydroxyl groups is 1. The first kappa shape index (κ1) is 38.3. The fourth-order valence-corrected chi connectivity index (χ4v) is 5.06. The van der Waals surface area contributed by atoms with Crippen LogP contribution in [0.1, 0.15) is 47.1 Å². The molecular weight excluding hydrogens is 644 g/mol. The number of carbonyl (C=O) groups is 6. The molecule has 3 rings (SSSR count). The Morgan fingerprint density at radius 3 is 1.56 bits per heavy atom. The molecule has 2 saturated heterocycles. The van der Waals surface area contributed by atoms with Gasteiger partial charge in [-0.3, -0.25) is 28.8 Å². The van der Waals surface area contributed by atoms with Gasteiger partial charge in [-0.25, -0.2) is 0 Å². The van der Waals surface area contributed by atoms with Crippen LogP contribution in [0.15, 0.2) is 30.3 Å². The standard InChI is InChI=1S/C31H40O17/c1-15(32)39-13-22-25(42-17(3)34)27(43-18(4)35)24(38)30(46-22)48-26-23(14-40-16(2)33)47-31(41-12-21-10-8-7-9-11-21)29(45-20(6)37)28(26)44-19(5)36/h7-11,22-31,38H,12-14H2,1-6H3/t22-,23-,24-,25+,26-,27-,28+,29-,30+,31-/m1/s1. The second kappa shape index (κ2) is 17.8. The van der Waals surface area contributed by atoms with Gasteiger partial charge in [-0.2, -0.15) is 0 Å². The Bertz CT molecular complexity index is 1280. The molecule has 2 aliphatic heterocycles. The van der Waals surface area contributed by atoms with Gasteiger partial charge in [0.15, 0.2) is 37.0 Å². The highest BCUT2D eigenvalue weighted by Gasteiger charge is 2.56. The van der Waals surface area contributed by atoms with Crippen LogP contribution < -0.4 is 0 Å². The van der Waals surface area contributed by atoms with Gasteiger partial charge in [0, 0.05) is 41.5 Å². The first-order chi connectivity index (χ1) is 22.7. The predicted octanol–water partition coefficient (Wildman–Crippen LogP) is 0.252. The molecule has 1 aromatic rings. The van der Waals surface area contributed by atoms with Crippen molar-refractivity contribution in [2.45, 2.75) is 110 Å². The van der Waals surface area contributed by atoms with Crippen LogP contribution in [0.5, 0.6) is 0 Å². The smallest absolute Gasteiger partial charge is 0.303 e. The van der Waals surface area contributed by atoms with Crippen molar-refractivity contribution in [3.63, 3.8) is 0 Å². The van der Waals surface area contributed by atoms with Gasteiger partial charge < -0.3 is 52.5 Å². The molecule has 0 spiro atoms. The molecule has 17 heteroatoms. The summed E-state index contributed by atoms with van der Waals surface area (Å²) >= 11 is 0. The molecule has 17 nitrogen and oxygen atoms in total. The summed E-state index contributed by atoms with van der Waals surface area (Å²) in [6.45, 7) is 5.48. The lowest BCUT2D eigenvalue weighted by atomic mass is 9.96. The Kier molecular flexibility index (Phi) is 14.2. The van der Waals surface area contributed by atoms with Gasteiger partial charge in [-0.05, 0) is 5.56 Å². The fourth-order valence-electron chi connectivity index (χ4n) is 5.06. The summed E-state index contributed by atoms with van der Waals surface area (Å²) < 4.78 is 56.0. The first-order valence-electron chi connectivity index (χ1n) is 14.9. The van der Waals surface area contributed by atoms with Crippen molar-refractivity contribution in [1.82, 2.24) is 0 Å². The van der Waals surface area contributed by atoms with E-state index in [0.717, 1.165) is 47.1 Å². The van der Waals surface area contributed by atoms with E-state index in [0.29, 0.717) is 0 Å². The van der Waals surface area contributed by atoms with Crippen molar-refractivity contribution in [3.05, 3.63) is 35.9 Å². The minimum atomic E-state index is -1.88. The highest BCUT2D eigenvalue weighted by atomic mass is 16.8. The largest absolute Gasteiger partial charge is 0.463 e. The molecule has 0 unspecified atom stereocenters. The van der Waals surface area contributed by atoms with E-state index in [1.54, 1.807) is 30.3 Å². The molecule has 0 radical (unpaired) electrons. The summed E-state index contributed by atoms with van der Waals surface area (Å²) in [6.07, 6.45) is -15.3. The highest BCUT2D eigenvalue weighted by Crippen LogP contribution is 2.34. The van der Waals surface area contributed by atoms with E-state index in [-0.39, 0.29) is 6.61 Å². The van der Waals surface area contributed by atoms with E-state index in [9.17, 15) is 33.9 Å². The Balaban J connectivity index is 2.04. The maximum absolute atomic E-state index is 12.4. The number of hydrogen-bond acceptors (Lipinski definition) is 17. The Hall–Kier alpha value is -4.16. The zero-order valence-electron chi connectivity index (χ0n) is 27.3. The van der Waals surface area contributed by atoms with Gasteiger partial charge in [0.2, 0.25) is 0 Å². The molecule has 0 bridgehead atoms. The van der Waals surface area contributed by atoms with Gasteiger partial charge in [0.25, 0.3) is 0 Å². The number of hydrogen-bond donors (Lipinski definition) is 1. The summed E-state index contributed by atoms with van der Waals surface area (Å²) in [5, 5.41) is 11.4. The van der Waals surface area contributed by atoms with E-state index in [4.69, 9.17) is 47.4 Å². The second-order valence-corrected chi connectivity index (χ2v) is 10.9. The lowest BCUT2D eigenvalue weighted by Gasteiger charge is -2.48. The van der Waals surface area contributed by atoms with Crippen LogP contribution in [-0.4, -0.2) is 116 Å². The zero-order chi connectivity index (χ0) is 35.5. The summed E-state index contributed by atoms with van der Waals surface area (Å²) in [5.41, 5.74) is 0.720. The van der Waals surface area contributed by atoms with Crippen LogP contribution in [0.3, 0.4) is 0 Å². The Morgan fingerprint density at radius 2 is 1.04 bits per heavy atom. The summed E-state index contributed by atoms with van der Waals surface area (Å²) in [6, 6.07) is 8.89. The van der Waals surface area contributed by atoms with Crippen LogP contribution in [0.2, 0.25) is 0 Å². The first-order valence-corrected chi connectivity index (χ1v) is 14.9. The molecule has 2 aliphatic rings. The second-order valence-electron chi connectivity index (χ2n) is 10.9. The molecule has 266 valence electrons. The van der Waals surface area contributed by atoms with E-state index in [1.165, 1.54) is 0 Å². The SMILES string of the molecule is CC(=O)OC[C@H]1O[C@@H](O[C@H]2[C@H](OC(C)=O)[C@@H](OC(C)=O)[C@H](OCc3ccccc3)O[C@@H]2COC(C)=O)[C@H](O)[C@@H](OC(C)=O)[C@H]1OC(C)=O. The number of benzene rings is 1. The average molecular weight is 685 g/mol. The van der Waals surface area contributed by atoms with Crippen molar-refractivity contribution in [2.24, 2.45) is 0 Å². The third-order valence-corrected chi connectivity index (χ3v) is 6.86. The van der Waals surface area contributed by atoms with Crippen LogP contribution in [0.25, 0.3) is 0 Å². The van der Waals surface area contributed by atoms with Crippen LogP contribution >= 0.6 is 0 Å². The van der Waals surface area contributed by atoms with E-state index >= 15 is 0 Å². The highest BCUT2D eigenvalue weighted by molar-refractivity contribution is 5.68. The normalized spacial score (nSPS) is 29.9. The van der Waals surface area contributed by atoms with Gasteiger partial charge in [0.1, 0.15) is 37.6 Å². The van der Waals surface area contributed by atoms with Crippen molar-refractivity contribution in [2.75, 3.05) is 13.2 Å². The molecule has 0 amide bonds. The maximum atomic E-state index is 12.4. The summed E-state index contributed by atoms with van der Waals surface area (Å²) in [4.78, 5) is 72.1. The molecule has 1 N–H and O–H groups in total. The van der Waals surface area contributed by atoms with E-state index in [1.807, 2.05) is 0 Å². The number of esters is 6. The molecule has 48 heavy (non-hydrogen) atoms. The molecule has 2 fully saturated rings. The Labute approximate surface area is 275 Å². The molecule has 0 aromatic heterocycles. The van der Waals surface area contributed by atoms with Crippen LogP contribution in [0, 0.1) is 0 Å². The van der Waals surface area contributed by atoms with E-state index < -0.39 is 110 Å². The molecule has 10 atom stereocenters. The molecule has 1 aromatic carbocycles. The topological polar surface area (TPSA) is 215 Å². The van der Waals surface area contributed by atoms with Crippen molar-refractivity contribution in [1.29, 1.82) is 0 Å². The number of rotatable bonds is 13. The van der Waals surface area contributed by atoms with Crippen molar-refractivity contribution in [3.8, 4) is 0 Å². The third-order valence-electron chi connectivity index (χ3n) is 6.86. The minimum Gasteiger partial charge on any atom is -0.463 e. The quantitative estimate of drug-likeness (QED) is 0.218. The number of ether oxygens (including phenoxy) is 10. The fraction of sp³-hybridized carbons (Fsp3) is 0.613. The summed E-state index contributed by atoms with van der Waals surface area (Å²) in [5.74, 6) is -4.78. The third kappa shape index (κ3) is 11.2. The lowest BCUT2D eigenvalue weighted by molar-refractivity contribution is -0.361. The van der Waals surface area contributed by atoms with Gasteiger partial charge >= 0.3 is 35.8 Å². The van der Waals surface area contributed by atoms with Crippen molar-refractivity contribution < 1.29 is 81.2 Å². The predicted molar refractivity (Wildman–Crippen MR) is 155 cm³/mol. The average Bonchev–Trinajstić information content (AvgIpc) is 2.99. The Morgan fingerprint density at radius 1 is 0.583 bits per heavy atom. The molecule has 0 aliphatic carbocycles. The molecule has 2 heterocycles. The minimum absolute atomic E-state index is 0.0360. The number of aliphatic hydroxyl groups excluding tert-OH is 1. The molecule has 0 saturated carbocycles. The van der Waals surface area contributed by atoms with Gasteiger partial charge in [-0.15, -0.1) is 0 Å². The monoisotopic (exact) mass is 684 g/mol. The van der Waals surface area contributed by atoms with Gasteiger partial charge in [0.05, 0.1) is 6.61 Å². The number of carbonyl (C=O) groups excluding carboxylic acids is 6.